The highest BCUT2D eigenvalue weighted by Crippen LogP contribution is 2.29. The Labute approximate surface area is 173 Å². The highest BCUT2D eigenvalue weighted by atomic mass is 79.9. The maximum atomic E-state index is 13.7. The molecule has 0 radical (unpaired) electrons. The van der Waals surface area contributed by atoms with Crippen LogP contribution in [-0.4, -0.2) is 19.3 Å². The minimum atomic E-state index is -0.860. The topological polar surface area (TPSA) is 35.6 Å². The summed E-state index contributed by atoms with van der Waals surface area (Å²) in [5.41, 5.74) is 3.69. The van der Waals surface area contributed by atoms with Gasteiger partial charge in [0, 0.05) is 17.4 Å². The normalized spacial score (nSPS) is 11.5. The number of fused-ring (bicyclic) bond motifs is 1. The maximum Gasteiger partial charge on any atom is 0.181 e. The number of halogens is 4. The third-order valence-corrected chi connectivity index (χ3v) is 5.40. The Morgan fingerprint density at radius 1 is 1.11 bits per heavy atom. The van der Waals surface area contributed by atoms with Crippen molar-refractivity contribution in [1.82, 2.24) is 19.3 Å². The monoisotopic (exact) mass is 464 g/mol. The average molecular weight is 466 g/mol. The zero-order chi connectivity index (χ0) is 20.0. The van der Waals surface area contributed by atoms with Gasteiger partial charge in [0.1, 0.15) is 11.3 Å². The minimum absolute atomic E-state index is 0.372. The summed E-state index contributed by atoms with van der Waals surface area (Å²) in [4.78, 5) is 4.75. The summed E-state index contributed by atoms with van der Waals surface area (Å²) in [6.07, 6.45) is 0.686. The van der Waals surface area contributed by atoms with E-state index < -0.39 is 11.6 Å². The Morgan fingerprint density at radius 3 is 2.57 bits per heavy atom. The molecule has 0 saturated carbocycles. The van der Waals surface area contributed by atoms with E-state index in [1.807, 2.05) is 30.5 Å². The van der Waals surface area contributed by atoms with Gasteiger partial charge in [0.2, 0.25) is 0 Å². The van der Waals surface area contributed by atoms with Gasteiger partial charge in [0.15, 0.2) is 17.3 Å². The number of hydrogen-bond donors (Lipinski definition) is 0. The van der Waals surface area contributed by atoms with Crippen molar-refractivity contribution in [3.63, 3.8) is 0 Å². The SMILES string of the molecule is CCc1nc2c(c(C)nn2-c2ccc(Br)cc2Cl)n1Cc1ccc(F)c(F)c1. The molecule has 0 aliphatic rings. The lowest BCUT2D eigenvalue weighted by Gasteiger charge is -2.08. The number of hydrogen-bond acceptors (Lipinski definition) is 2. The molecule has 4 rings (SSSR count). The fourth-order valence-corrected chi connectivity index (χ4v) is 4.07. The molecule has 0 aliphatic carbocycles. The summed E-state index contributed by atoms with van der Waals surface area (Å²) in [5.74, 6) is -0.882. The van der Waals surface area contributed by atoms with Crippen molar-refractivity contribution in [2.45, 2.75) is 26.8 Å². The summed E-state index contributed by atoms with van der Waals surface area (Å²) < 4.78 is 31.5. The van der Waals surface area contributed by atoms with Gasteiger partial charge in [0.25, 0.3) is 0 Å². The van der Waals surface area contributed by atoms with E-state index in [0.717, 1.165) is 33.3 Å². The standard InChI is InChI=1S/C20H16BrClF2N4/c1-3-18-25-20-19(27(18)10-12-4-6-15(23)16(24)8-12)11(2)26-28(20)17-7-5-13(21)9-14(17)22/h4-9H,3,10H2,1-2H3. The first-order chi connectivity index (χ1) is 13.4. The molecule has 4 aromatic rings. The van der Waals surface area contributed by atoms with E-state index in [4.69, 9.17) is 16.6 Å². The van der Waals surface area contributed by atoms with Crippen molar-refractivity contribution in [2.75, 3.05) is 0 Å². The van der Waals surface area contributed by atoms with E-state index in [-0.39, 0.29) is 0 Å². The lowest BCUT2D eigenvalue weighted by Crippen LogP contribution is -2.06. The van der Waals surface area contributed by atoms with Gasteiger partial charge in [-0.25, -0.2) is 18.4 Å². The fraction of sp³-hybridized carbons (Fsp3) is 0.200. The Morgan fingerprint density at radius 2 is 1.89 bits per heavy atom. The number of aryl methyl sites for hydroxylation is 2. The first kappa shape index (κ1) is 19.1. The summed E-state index contributed by atoms with van der Waals surface area (Å²) in [5, 5.41) is 5.17. The highest BCUT2D eigenvalue weighted by Gasteiger charge is 2.20. The molecule has 8 heteroatoms. The molecule has 0 spiro atoms. The van der Waals surface area contributed by atoms with Crippen LogP contribution in [0.1, 0.15) is 24.0 Å². The summed E-state index contributed by atoms with van der Waals surface area (Å²) in [6.45, 7) is 4.27. The second-order valence-electron chi connectivity index (χ2n) is 6.48. The molecule has 0 atom stereocenters. The van der Waals surface area contributed by atoms with Crippen LogP contribution < -0.4 is 0 Å². The molecular weight excluding hydrogens is 450 g/mol. The molecule has 0 amide bonds. The van der Waals surface area contributed by atoms with Crippen molar-refractivity contribution in [3.05, 3.63) is 74.6 Å². The highest BCUT2D eigenvalue weighted by molar-refractivity contribution is 9.10. The number of benzene rings is 2. The van der Waals surface area contributed by atoms with Gasteiger partial charge in [-0.2, -0.15) is 5.10 Å². The van der Waals surface area contributed by atoms with E-state index in [9.17, 15) is 8.78 Å². The Bertz CT molecular complexity index is 1200. The van der Waals surface area contributed by atoms with Crippen LogP contribution in [0.3, 0.4) is 0 Å². The summed E-state index contributed by atoms with van der Waals surface area (Å²) >= 11 is 9.82. The molecule has 0 fully saturated rings. The lowest BCUT2D eigenvalue weighted by atomic mass is 10.2. The first-order valence-corrected chi connectivity index (χ1v) is 9.90. The Hall–Kier alpha value is -2.25. The van der Waals surface area contributed by atoms with Crippen LogP contribution in [0, 0.1) is 18.6 Å². The number of rotatable bonds is 4. The summed E-state index contributed by atoms with van der Waals surface area (Å²) in [6, 6.07) is 9.50. The molecule has 2 aromatic heterocycles. The van der Waals surface area contributed by atoms with Crippen LogP contribution in [0.15, 0.2) is 40.9 Å². The molecule has 0 bridgehead atoms. The smallest absolute Gasteiger partial charge is 0.181 e. The molecule has 2 heterocycles. The quantitative estimate of drug-likeness (QED) is 0.380. The van der Waals surface area contributed by atoms with E-state index in [1.165, 1.54) is 6.07 Å². The molecule has 28 heavy (non-hydrogen) atoms. The van der Waals surface area contributed by atoms with Crippen molar-refractivity contribution in [3.8, 4) is 5.69 Å². The summed E-state index contributed by atoms with van der Waals surface area (Å²) in [7, 11) is 0. The van der Waals surface area contributed by atoms with Gasteiger partial charge in [-0.05, 0) is 42.8 Å². The van der Waals surface area contributed by atoms with Crippen molar-refractivity contribution in [1.29, 1.82) is 0 Å². The maximum absolute atomic E-state index is 13.7. The second-order valence-corrected chi connectivity index (χ2v) is 7.80. The zero-order valence-electron chi connectivity index (χ0n) is 15.2. The molecule has 0 unspecified atom stereocenters. The molecule has 4 nitrogen and oxygen atoms in total. The number of imidazole rings is 1. The van der Waals surface area contributed by atoms with E-state index in [1.54, 1.807) is 16.8 Å². The van der Waals surface area contributed by atoms with Crippen LogP contribution >= 0.6 is 27.5 Å². The molecule has 0 saturated heterocycles. The molecule has 2 aromatic carbocycles. The first-order valence-electron chi connectivity index (χ1n) is 8.73. The molecule has 0 N–H and O–H groups in total. The zero-order valence-corrected chi connectivity index (χ0v) is 17.5. The van der Waals surface area contributed by atoms with Crippen molar-refractivity contribution in [2.24, 2.45) is 0 Å². The lowest BCUT2D eigenvalue weighted by molar-refractivity contribution is 0.506. The third kappa shape index (κ3) is 3.22. The van der Waals surface area contributed by atoms with E-state index in [2.05, 4.69) is 21.0 Å². The van der Waals surface area contributed by atoms with Crippen molar-refractivity contribution >= 4 is 38.7 Å². The second kappa shape index (κ2) is 7.29. The average Bonchev–Trinajstić information content (AvgIpc) is 3.16. The van der Waals surface area contributed by atoms with Gasteiger partial charge < -0.3 is 4.57 Å². The van der Waals surface area contributed by atoms with Gasteiger partial charge in [-0.3, -0.25) is 0 Å². The van der Waals surface area contributed by atoms with Crippen LogP contribution in [0.4, 0.5) is 8.78 Å². The molecular formula is C20H16BrClF2N4. The van der Waals surface area contributed by atoms with Crippen LogP contribution in [0.5, 0.6) is 0 Å². The van der Waals surface area contributed by atoms with Gasteiger partial charge >= 0.3 is 0 Å². The van der Waals surface area contributed by atoms with Gasteiger partial charge in [-0.1, -0.05) is 40.5 Å². The van der Waals surface area contributed by atoms with Gasteiger partial charge in [-0.15, -0.1) is 0 Å². The minimum Gasteiger partial charge on any atom is -0.321 e. The van der Waals surface area contributed by atoms with E-state index in [0.29, 0.717) is 29.2 Å². The number of nitrogens with zero attached hydrogens (tertiary/aromatic N) is 4. The molecule has 144 valence electrons. The van der Waals surface area contributed by atoms with Gasteiger partial charge in [0.05, 0.1) is 16.4 Å². The Kier molecular flexibility index (Phi) is 4.97. The largest absolute Gasteiger partial charge is 0.321 e. The van der Waals surface area contributed by atoms with Crippen LogP contribution in [0.25, 0.3) is 16.9 Å². The van der Waals surface area contributed by atoms with Crippen molar-refractivity contribution < 1.29 is 8.78 Å². The van der Waals surface area contributed by atoms with E-state index >= 15 is 0 Å². The predicted octanol–water partition coefficient (Wildman–Crippen LogP) is 5.84. The Balaban J connectivity index is 1.88. The third-order valence-electron chi connectivity index (χ3n) is 4.60. The molecule has 0 aliphatic heterocycles. The van der Waals surface area contributed by atoms with Crippen LogP contribution in [0.2, 0.25) is 5.02 Å². The predicted molar refractivity (Wildman–Crippen MR) is 109 cm³/mol. The number of aromatic nitrogens is 4. The fourth-order valence-electron chi connectivity index (χ4n) is 3.32. The van der Waals surface area contributed by atoms with Crippen LogP contribution in [-0.2, 0) is 13.0 Å².